The summed E-state index contributed by atoms with van der Waals surface area (Å²) in [6.07, 6.45) is 17.2. The minimum atomic E-state index is 0.103. The molecule has 0 radical (unpaired) electrons. The first-order valence-electron chi connectivity index (χ1n) is 10.9. The van der Waals surface area contributed by atoms with E-state index in [4.69, 9.17) is 0 Å². The van der Waals surface area contributed by atoms with Crippen LogP contribution in [0.4, 0.5) is 0 Å². The summed E-state index contributed by atoms with van der Waals surface area (Å²) in [6.45, 7) is 14.1. The summed E-state index contributed by atoms with van der Waals surface area (Å²) in [5, 5.41) is 0. The van der Waals surface area contributed by atoms with Crippen molar-refractivity contribution in [1.29, 1.82) is 0 Å². The van der Waals surface area contributed by atoms with Gasteiger partial charge >= 0.3 is 0 Å². The van der Waals surface area contributed by atoms with Gasteiger partial charge in [0.05, 0.1) is 0 Å². The minimum absolute atomic E-state index is 0.103. The van der Waals surface area contributed by atoms with Gasteiger partial charge in [-0.1, -0.05) is 89.1 Å². The summed E-state index contributed by atoms with van der Waals surface area (Å²) in [5.74, 6) is 0.730. The highest BCUT2D eigenvalue weighted by Gasteiger charge is 2.30. The third-order valence-electron chi connectivity index (χ3n) is 5.70. The van der Waals surface area contributed by atoms with Crippen molar-refractivity contribution in [2.75, 3.05) is 6.26 Å². The molecule has 0 N–H and O–H groups in total. The summed E-state index contributed by atoms with van der Waals surface area (Å²) in [6, 6.07) is 8.95. The van der Waals surface area contributed by atoms with E-state index in [0.29, 0.717) is 11.3 Å². The second kappa shape index (κ2) is 10.5. The maximum absolute atomic E-state index is 10.3. The van der Waals surface area contributed by atoms with Crippen molar-refractivity contribution in [3.8, 4) is 0 Å². The third kappa shape index (κ3) is 7.80. The van der Waals surface area contributed by atoms with Crippen molar-refractivity contribution in [1.82, 2.24) is 0 Å². The average Bonchev–Trinajstić information content (AvgIpc) is 2.68. The lowest BCUT2D eigenvalue weighted by Gasteiger charge is -2.37. The Morgan fingerprint density at radius 1 is 0.967 bits per heavy atom. The van der Waals surface area contributed by atoms with Crippen LogP contribution < -0.4 is 0 Å². The number of hydrogen-bond acceptors (Lipinski definition) is 2. The van der Waals surface area contributed by atoms with Gasteiger partial charge in [0.1, 0.15) is 0 Å². The number of ketones is 1. The smallest absolute Gasteiger partial charge is 0.178 e. The lowest BCUT2D eigenvalue weighted by Crippen LogP contribution is -2.25. The van der Waals surface area contributed by atoms with E-state index in [1.54, 1.807) is 35.1 Å². The van der Waals surface area contributed by atoms with Crippen LogP contribution in [-0.2, 0) is 4.79 Å². The van der Waals surface area contributed by atoms with Gasteiger partial charge in [-0.05, 0) is 72.1 Å². The second-order valence-electron chi connectivity index (χ2n) is 10.3. The van der Waals surface area contributed by atoms with Crippen LogP contribution in [0.1, 0.15) is 66.4 Å². The minimum Gasteiger partial charge on any atom is -0.290 e. The Morgan fingerprint density at radius 2 is 1.57 bits per heavy atom. The molecule has 0 fully saturated rings. The summed E-state index contributed by atoms with van der Waals surface area (Å²) >= 11 is 1.80. The van der Waals surface area contributed by atoms with Crippen LogP contribution in [0.3, 0.4) is 0 Å². The van der Waals surface area contributed by atoms with Crippen LogP contribution in [0.2, 0.25) is 0 Å². The molecular formula is C28H38OS. The summed E-state index contributed by atoms with van der Waals surface area (Å²) < 4.78 is 0. The van der Waals surface area contributed by atoms with Crippen LogP contribution in [-0.4, -0.2) is 12.0 Å². The van der Waals surface area contributed by atoms with Gasteiger partial charge in [-0.15, -0.1) is 11.8 Å². The zero-order valence-electron chi connectivity index (χ0n) is 19.8. The van der Waals surface area contributed by atoms with Crippen molar-refractivity contribution in [3.05, 3.63) is 71.4 Å². The Bertz CT molecular complexity index is 822. The maximum atomic E-state index is 10.3. The maximum Gasteiger partial charge on any atom is 0.178 e. The van der Waals surface area contributed by atoms with E-state index in [-0.39, 0.29) is 11.2 Å². The van der Waals surface area contributed by atoms with Gasteiger partial charge in [0.2, 0.25) is 0 Å². The normalized spacial score (nSPS) is 20.6. The zero-order chi connectivity index (χ0) is 22.4. The molecule has 1 aromatic rings. The molecule has 0 heterocycles. The van der Waals surface area contributed by atoms with Crippen LogP contribution in [0.15, 0.2) is 70.7 Å². The van der Waals surface area contributed by atoms with E-state index in [9.17, 15) is 4.79 Å². The van der Waals surface area contributed by atoms with Crippen LogP contribution >= 0.6 is 11.8 Å². The molecule has 0 saturated heterocycles. The fourth-order valence-electron chi connectivity index (χ4n) is 3.58. The van der Waals surface area contributed by atoms with E-state index >= 15 is 0 Å². The van der Waals surface area contributed by atoms with Gasteiger partial charge in [-0.2, -0.15) is 0 Å². The van der Waals surface area contributed by atoms with Gasteiger partial charge < -0.3 is 0 Å². The molecule has 1 aromatic carbocycles. The molecule has 0 amide bonds. The highest BCUT2D eigenvalue weighted by molar-refractivity contribution is 7.98. The zero-order valence-corrected chi connectivity index (χ0v) is 20.6. The molecule has 2 aliphatic carbocycles. The van der Waals surface area contributed by atoms with E-state index in [1.165, 1.54) is 16.9 Å². The molecule has 0 saturated carbocycles. The Balaban J connectivity index is 0.000000386. The molecule has 3 rings (SSSR count). The van der Waals surface area contributed by atoms with Crippen molar-refractivity contribution < 1.29 is 4.79 Å². The van der Waals surface area contributed by atoms with Gasteiger partial charge in [-0.3, -0.25) is 4.79 Å². The Labute approximate surface area is 188 Å². The summed E-state index contributed by atoms with van der Waals surface area (Å²) in [7, 11) is 0. The van der Waals surface area contributed by atoms with Gasteiger partial charge in [-0.25, -0.2) is 0 Å². The standard InChI is InChI=1S/C22H32S.C6H6O/c1-21(2,3)18-13-17(14-19(15-18)22(4,5)6)12-16-8-10-20(23-7)11-9-16;7-6-4-2-1-3-5-6/h8-12,15,18H,13-14H2,1-7H3;2-5H,1H2. The van der Waals surface area contributed by atoms with Crippen LogP contribution in [0, 0.1) is 16.7 Å². The number of rotatable bonds is 2. The van der Waals surface area contributed by atoms with Crippen molar-refractivity contribution in [3.63, 3.8) is 0 Å². The number of carbonyl (C=O) groups excluding carboxylic acids is 1. The van der Waals surface area contributed by atoms with Crippen LogP contribution in [0.25, 0.3) is 6.08 Å². The molecule has 1 unspecified atom stereocenters. The first kappa shape index (κ1) is 24.5. The lowest BCUT2D eigenvalue weighted by molar-refractivity contribution is -0.110. The summed E-state index contributed by atoms with van der Waals surface area (Å²) in [4.78, 5) is 11.6. The molecule has 30 heavy (non-hydrogen) atoms. The molecule has 0 aliphatic heterocycles. The third-order valence-corrected chi connectivity index (χ3v) is 6.44. The Morgan fingerprint density at radius 3 is 2.00 bits per heavy atom. The molecule has 0 spiro atoms. The fourth-order valence-corrected chi connectivity index (χ4v) is 3.99. The predicted molar refractivity (Wildman–Crippen MR) is 134 cm³/mol. The lowest BCUT2D eigenvalue weighted by atomic mass is 9.68. The van der Waals surface area contributed by atoms with Crippen molar-refractivity contribution in [2.45, 2.75) is 65.7 Å². The molecule has 1 nitrogen and oxygen atoms in total. The fraction of sp³-hybridized carbons (Fsp3) is 0.464. The van der Waals surface area contributed by atoms with E-state index in [2.05, 4.69) is 84.2 Å². The van der Waals surface area contributed by atoms with E-state index in [0.717, 1.165) is 12.8 Å². The van der Waals surface area contributed by atoms with Gasteiger partial charge in [0.25, 0.3) is 0 Å². The first-order valence-corrected chi connectivity index (χ1v) is 12.1. The molecule has 2 aliphatic rings. The number of allylic oxidation sites excluding steroid dienone is 7. The highest BCUT2D eigenvalue weighted by Crippen LogP contribution is 2.44. The number of thioether (sulfide) groups is 1. The average molecular weight is 423 g/mol. The van der Waals surface area contributed by atoms with Gasteiger partial charge in [0.15, 0.2) is 5.78 Å². The molecule has 162 valence electrons. The highest BCUT2D eigenvalue weighted by atomic mass is 32.2. The molecule has 2 heteroatoms. The Kier molecular flexibility index (Phi) is 8.55. The number of benzene rings is 1. The van der Waals surface area contributed by atoms with E-state index < -0.39 is 0 Å². The van der Waals surface area contributed by atoms with Gasteiger partial charge in [0, 0.05) is 4.90 Å². The number of hydrogen-bond donors (Lipinski definition) is 0. The first-order chi connectivity index (χ1) is 14.0. The Hall–Kier alpha value is -1.80. The molecule has 0 bridgehead atoms. The SMILES string of the molecule is CSc1ccc(C=C2CC(C(C)(C)C)=CC(C(C)(C)C)C2)cc1.O=C1C=CCC=C1. The quantitative estimate of drug-likeness (QED) is 0.352. The second-order valence-corrected chi connectivity index (χ2v) is 11.2. The largest absolute Gasteiger partial charge is 0.290 e. The monoisotopic (exact) mass is 422 g/mol. The molecule has 1 atom stereocenters. The molecule has 0 aromatic heterocycles. The predicted octanol–water partition coefficient (Wildman–Crippen LogP) is 8.29. The van der Waals surface area contributed by atoms with Crippen LogP contribution in [0.5, 0.6) is 0 Å². The van der Waals surface area contributed by atoms with Crippen molar-refractivity contribution >= 4 is 23.6 Å². The topological polar surface area (TPSA) is 17.1 Å². The number of carbonyl (C=O) groups is 1. The van der Waals surface area contributed by atoms with E-state index in [1.807, 2.05) is 12.2 Å². The summed E-state index contributed by atoms with van der Waals surface area (Å²) in [5.41, 5.74) is 5.08. The van der Waals surface area contributed by atoms with Crippen molar-refractivity contribution in [2.24, 2.45) is 16.7 Å². The molecular weight excluding hydrogens is 384 g/mol.